The molecule has 1 aromatic carbocycles. The molecule has 92 valence electrons. The number of halogens is 1. The van der Waals surface area contributed by atoms with E-state index in [0.717, 1.165) is 17.9 Å². The second kappa shape index (κ2) is 5.45. The third kappa shape index (κ3) is 3.40. The number of hydrogen-bond donors (Lipinski definition) is 2. The van der Waals surface area contributed by atoms with Gasteiger partial charge < -0.3 is 11.1 Å². The lowest BCUT2D eigenvalue weighted by atomic mass is 9.79. The van der Waals surface area contributed by atoms with Crippen LogP contribution >= 0.6 is 12.2 Å². The molecule has 4 heteroatoms. The highest BCUT2D eigenvalue weighted by Gasteiger charge is 2.23. The van der Waals surface area contributed by atoms with Crippen molar-refractivity contribution in [2.75, 3.05) is 0 Å². The van der Waals surface area contributed by atoms with Gasteiger partial charge >= 0.3 is 0 Å². The Balaban J connectivity index is 2.07. The number of thiocarbonyl (C=S) groups is 1. The quantitative estimate of drug-likeness (QED) is 0.809. The summed E-state index contributed by atoms with van der Waals surface area (Å²) in [5.41, 5.74) is 6.59. The molecule has 1 unspecified atom stereocenters. The first-order valence-electron chi connectivity index (χ1n) is 5.96. The molecule has 0 saturated heterocycles. The molecule has 1 saturated carbocycles. The van der Waals surface area contributed by atoms with Gasteiger partial charge in [-0.05, 0) is 42.3 Å². The van der Waals surface area contributed by atoms with Gasteiger partial charge in [0.15, 0.2) is 5.11 Å². The molecular formula is C13H17FN2S. The molecule has 0 radical (unpaired) electrons. The summed E-state index contributed by atoms with van der Waals surface area (Å²) in [6.07, 6.45) is 4.88. The average Bonchev–Trinajstić information content (AvgIpc) is 2.22. The Kier molecular flexibility index (Phi) is 3.94. The van der Waals surface area contributed by atoms with Gasteiger partial charge in [-0.2, -0.15) is 0 Å². The van der Waals surface area contributed by atoms with Crippen molar-refractivity contribution in [3.05, 3.63) is 35.6 Å². The van der Waals surface area contributed by atoms with E-state index in [0.29, 0.717) is 5.11 Å². The van der Waals surface area contributed by atoms with Gasteiger partial charge in [-0.1, -0.05) is 31.4 Å². The lowest BCUT2D eigenvalue weighted by Crippen LogP contribution is -2.34. The van der Waals surface area contributed by atoms with E-state index in [2.05, 4.69) is 5.32 Å². The Labute approximate surface area is 106 Å². The fourth-order valence-corrected chi connectivity index (χ4v) is 2.35. The lowest BCUT2D eigenvalue weighted by molar-refractivity contribution is 0.270. The highest BCUT2D eigenvalue weighted by Crippen LogP contribution is 2.34. The largest absolute Gasteiger partial charge is 0.376 e. The molecule has 0 amide bonds. The smallest absolute Gasteiger partial charge is 0.164 e. The Bertz CT molecular complexity index is 387. The number of nitrogens with two attached hydrogens (primary N) is 1. The van der Waals surface area contributed by atoms with Crippen molar-refractivity contribution in [1.82, 2.24) is 5.32 Å². The summed E-state index contributed by atoms with van der Waals surface area (Å²) in [4.78, 5) is 0. The molecule has 0 spiro atoms. The second-order valence-corrected chi connectivity index (χ2v) is 5.09. The van der Waals surface area contributed by atoms with E-state index in [9.17, 15) is 4.39 Å². The SMILES string of the molecule is NC(=S)NC(CC1CCC1)c1ccc(F)cc1. The van der Waals surface area contributed by atoms with Crippen molar-refractivity contribution in [1.29, 1.82) is 0 Å². The van der Waals surface area contributed by atoms with E-state index < -0.39 is 0 Å². The van der Waals surface area contributed by atoms with Crippen molar-refractivity contribution in [2.24, 2.45) is 11.7 Å². The number of benzene rings is 1. The average molecular weight is 252 g/mol. The van der Waals surface area contributed by atoms with Crippen LogP contribution in [0.25, 0.3) is 0 Å². The van der Waals surface area contributed by atoms with Crippen LogP contribution in [0.4, 0.5) is 4.39 Å². The molecule has 1 aromatic rings. The van der Waals surface area contributed by atoms with Gasteiger partial charge in [-0.3, -0.25) is 0 Å². The Morgan fingerprint density at radius 3 is 2.53 bits per heavy atom. The number of rotatable bonds is 4. The van der Waals surface area contributed by atoms with E-state index >= 15 is 0 Å². The Morgan fingerprint density at radius 1 is 1.41 bits per heavy atom. The molecule has 0 aromatic heterocycles. The standard InChI is InChI=1S/C13H17FN2S/c14-11-6-4-10(5-7-11)12(16-13(15)17)8-9-2-1-3-9/h4-7,9,12H,1-3,8H2,(H3,15,16,17). The highest BCUT2D eigenvalue weighted by atomic mass is 32.1. The van der Waals surface area contributed by atoms with Crippen LogP contribution in [-0.4, -0.2) is 5.11 Å². The zero-order chi connectivity index (χ0) is 12.3. The first-order chi connectivity index (χ1) is 8.15. The van der Waals surface area contributed by atoms with E-state index in [1.165, 1.54) is 31.4 Å². The van der Waals surface area contributed by atoms with E-state index in [-0.39, 0.29) is 11.9 Å². The second-order valence-electron chi connectivity index (χ2n) is 4.65. The van der Waals surface area contributed by atoms with Crippen molar-refractivity contribution >= 4 is 17.3 Å². The summed E-state index contributed by atoms with van der Waals surface area (Å²) >= 11 is 4.90. The van der Waals surface area contributed by atoms with Crippen LogP contribution in [0.15, 0.2) is 24.3 Å². The van der Waals surface area contributed by atoms with Crippen LogP contribution in [0.1, 0.15) is 37.3 Å². The third-order valence-electron chi connectivity index (χ3n) is 3.38. The number of hydrogen-bond acceptors (Lipinski definition) is 1. The van der Waals surface area contributed by atoms with Gasteiger partial charge in [0.05, 0.1) is 6.04 Å². The van der Waals surface area contributed by atoms with Crippen molar-refractivity contribution in [3.63, 3.8) is 0 Å². The molecular weight excluding hydrogens is 235 g/mol. The van der Waals surface area contributed by atoms with E-state index in [1.807, 2.05) is 0 Å². The molecule has 3 N–H and O–H groups in total. The molecule has 17 heavy (non-hydrogen) atoms. The van der Waals surface area contributed by atoms with Crippen molar-refractivity contribution in [2.45, 2.75) is 31.7 Å². The molecule has 1 aliphatic carbocycles. The van der Waals surface area contributed by atoms with E-state index in [1.54, 1.807) is 12.1 Å². The van der Waals surface area contributed by atoms with Crippen LogP contribution in [-0.2, 0) is 0 Å². The van der Waals surface area contributed by atoms with Crippen LogP contribution in [0.5, 0.6) is 0 Å². The third-order valence-corrected chi connectivity index (χ3v) is 3.50. The zero-order valence-electron chi connectivity index (χ0n) is 9.66. The topological polar surface area (TPSA) is 38.0 Å². The molecule has 0 bridgehead atoms. The minimum absolute atomic E-state index is 0.110. The maximum Gasteiger partial charge on any atom is 0.164 e. The zero-order valence-corrected chi connectivity index (χ0v) is 10.5. The normalized spacial score (nSPS) is 17.2. The summed E-state index contributed by atoms with van der Waals surface area (Å²) in [5, 5.41) is 3.41. The predicted molar refractivity (Wildman–Crippen MR) is 71.0 cm³/mol. The summed E-state index contributed by atoms with van der Waals surface area (Å²) in [6.45, 7) is 0. The lowest BCUT2D eigenvalue weighted by Gasteiger charge is -2.30. The van der Waals surface area contributed by atoms with Crippen LogP contribution in [0, 0.1) is 11.7 Å². The van der Waals surface area contributed by atoms with Crippen LogP contribution < -0.4 is 11.1 Å². The summed E-state index contributed by atoms with van der Waals surface area (Å²) in [7, 11) is 0. The maximum atomic E-state index is 12.9. The van der Waals surface area contributed by atoms with Gasteiger partial charge in [0, 0.05) is 0 Å². The monoisotopic (exact) mass is 252 g/mol. The molecule has 1 aliphatic rings. The maximum absolute atomic E-state index is 12.9. The van der Waals surface area contributed by atoms with E-state index in [4.69, 9.17) is 18.0 Å². The molecule has 2 nitrogen and oxygen atoms in total. The molecule has 1 fully saturated rings. The van der Waals surface area contributed by atoms with Crippen molar-refractivity contribution < 1.29 is 4.39 Å². The minimum Gasteiger partial charge on any atom is -0.376 e. The summed E-state index contributed by atoms with van der Waals surface area (Å²) < 4.78 is 12.9. The van der Waals surface area contributed by atoms with Gasteiger partial charge in [-0.25, -0.2) is 4.39 Å². The summed E-state index contributed by atoms with van der Waals surface area (Å²) in [5.74, 6) is 0.526. The molecule has 0 aliphatic heterocycles. The first-order valence-corrected chi connectivity index (χ1v) is 6.37. The van der Waals surface area contributed by atoms with Gasteiger partial charge in [-0.15, -0.1) is 0 Å². The van der Waals surface area contributed by atoms with Crippen LogP contribution in [0.2, 0.25) is 0 Å². The Morgan fingerprint density at radius 2 is 2.06 bits per heavy atom. The minimum atomic E-state index is -0.216. The van der Waals surface area contributed by atoms with Gasteiger partial charge in [0.1, 0.15) is 5.82 Å². The predicted octanol–water partition coefficient (Wildman–Crippen LogP) is 2.89. The fourth-order valence-electron chi connectivity index (χ4n) is 2.21. The fraction of sp³-hybridized carbons (Fsp3) is 0.462. The Hall–Kier alpha value is -1.16. The van der Waals surface area contributed by atoms with Gasteiger partial charge in [0.25, 0.3) is 0 Å². The highest BCUT2D eigenvalue weighted by molar-refractivity contribution is 7.80. The summed E-state index contributed by atoms with van der Waals surface area (Å²) in [6, 6.07) is 6.65. The number of nitrogens with one attached hydrogen (secondary N) is 1. The first kappa shape index (κ1) is 12.3. The van der Waals surface area contributed by atoms with Crippen LogP contribution in [0.3, 0.4) is 0 Å². The van der Waals surface area contributed by atoms with Crippen molar-refractivity contribution in [3.8, 4) is 0 Å². The van der Waals surface area contributed by atoms with Gasteiger partial charge in [0.2, 0.25) is 0 Å². The molecule has 2 rings (SSSR count). The molecule has 1 atom stereocenters. The molecule has 0 heterocycles.